The van der Waals surface area contributed by atoms with Gasteiger partial charge in [-0.1, -0.05) is 60.1 Å². The maximum absolute atomic E-state index is 6.72. The molecule has 116 valence electrons. The summed E-state index contributed by atoms with van der Waals surface area (Å²) in [7, 11) is 0. The van der Waals surface area contributed by atoms with Crippen LogP contribution in [0.15, 0.2) is 72.9 Å². The van der Waals surface area contributed by atoms with Crippen LogP contribution >= 0.6 is 11.6 Å². The number of para-hydroxylation sites is 1. The van der Waals surface area contributed by atoms with E-state index >= 15 is 0 Å². The fraction of sp³-hybridized carbons (Fsp3) is 0.0476. The van der Waals surface area contributed by atoms with E-state index in [-0.39, 0.29) is 0 Å². The van der Waals surface area contributed by atoms with E-state index in [1.54, 1.807) is 0 Å². The summed E-state index contributed by atoms with van der Waals surface area (Å²) in [5.41, 5.74) is 4.59. The molecule has 2 aromatic heterocycles. The summed E-state index contributed by atoms with van der Waals surface area (Å²) in [6.07, 6.45) is 2.12. The third-order valence-corrected chi connectivity index (χ3v) is 5.08. The number of H-pyrrole nitrogens is 1. The quantitative estimate of drug-likeness (QED) is 0.411. The van der Waals surface area contributed by atoms with Crippen molar-refractivity contribution in [3.63, 3.8) is 0 Å². The molecule has 3 heteroatoms. The Labute approximate surface area is 144 Å². The molecule has 5 rings (SSSR count). The van der Waals surface area contributed by atoms with Gasteiger partial charge in [-0.3, -0.25) is 0 Å². The second-order valence-corrected chi connectivity index (χ2v) is 6.52. The lowest BCUT2D eigenvalue weighted by atomic mass is 10.1. The maximum atomic E-state index is 6.72. The van der Waals surface area contributed by atoms with Crippen LogP contribution in [0.4, 0.5) is 0 Å². The maximum Gasteiger partial charge on any atom is 0.0741 e. The molecule has 0 spiro atoms. The van der Waals surface area contributed by atoms with E-state index in [2.05, 4.69) is 70.3 Å². The van der Waals surface area contributed by atoms with Gasteiger partial charge in [0.2, 0.25) is 0 Å². The zero-order chi connectivity index (χ0) is 16.1. The molecule has 0 bridgehead atoms. The molecule has 0 saturated carbocycles. The number of nitrogens with zero attached hydrogens (tertiary/aromatic N) is 1. The number of fused-ring (bicyclic) bond motifs is 4. The zero-order valence-corrected chi connectivity index (χ0v) is 13.7. The van der Waals surface area contributed by atoms with E-state index < -0.39 is 0 Å². The first-order chi connectivity index (χ1) is 11.8. The summed E-state index contributed by atoms with van der Waals surface area (Å²) in [5.74, 6) is 0. The van der Waals surface area contributed by atoms with E-state index in [4.69, 9.17) is 11.6 Å². The molecule has 0 radical (unpaired) electrons. The van der Waals surface area contributed by atoms with Crippen LogP contribution in [-0.2, 0) is 6.54 Å². The molecule has 3 aromatic carbocycles. The second kappa shape index (κ2) is 5.15. The Morgan fingerprint density at radius 3 is 2.50 bits per heavy atom. The number of benzene rings is 3. The molecule has 0 atom stereocenters. The molecule has 0 aliphatic rings. The van der Waals surface area contributed by atoms with E-state index in [9.17, 15) is 0 Å². The Morgan fingerprint density at radius 1 is 0.833 bits per heavy atom. The van der Waals surface area contributed by atoms with Gasteiger partial charge in [-0.05, 0) is 23.8 Å². The van der Waals surface area contributed by atoms with Gasteiger partial charge in [-0.15, -0.1) is 0 Å². The number of hydrogen-bond acceptors (Lipinski definition) is 0. The Morgan fingerprint density at radius 2 is 1.62 bits per heavy atom. The lowest BCUT2D eigenvalue weighted by Gasteiger charge is -2.07. The normalized spacial score (nSPS) is 11.7. The van der Waals surface area contributed by atoms with Crippen LogP contribution in [0.5, 0.6) is 0 Å². The largest absolute Gasteiger partial charge is 0.353 e. The number of hydrogen-bond donors (Lipinski definition) is 1. The van der Waals surface area contributed by atoms with E-state index in [1.165, 1.54) is 21.9 Å². The predicted octanol–water partition coefficient (Wildman–Crippen LogP) is 5.98. The first-order valence-electron chi connectivity index (χ1n) is 8.03. The van der Waals surface area contributed by atoms with Crippen molar-refractivity contribution in [2.24, 2.45) is 0 Å². The van der Waals surface area contributed by atoms with Gasteiger partial charge in [-0.25, -0.2) is 0 Å². The predicted molar refractivity (Wildman–Crippen MR) is 102 cm³/mol. The third kappa shape index (κ3) is 1.97. The van der Waals surface area contributed by atoms with Gasteiger partial charge < -0.3 is 9.55 Å². The summed E-state index contributed by atoms with van der Waals surface area (Å²) < 4.78 is 2.26. The number of rotatable bonds is 2. The van der Waals surface area contributed by atoms with Crippen molar-refractivity contribution in [3.8, 4) is 0 Å². The van der Waals surface area contributed by atoms with Crippen LogP contribution in [0.25, 0.3) is 32.7 Å². The lowest BCUT2D eigenvalue weighted by molar-refractivity contribution is 0.837. The SMILES string of the molecule is Clc1c2ccn(Cc3ccccc3)c2cc2c1[nH]c1ccccc12. The van der Waals surface area contributed by atoms with Crippen LogP contribution in [-0.4, -0.2) is 9.55 Å². The van der Waals surface area contributed by atoms with Crippen molar-refractivity contribution in [1.82, 2.24) is 9.55 Å². The van der Waals surface area contributed by atoms with Gasteiger partial charge in [0.05, 0.1) is 16.1 Å². The molecule has 0 saturated heterocycles. The minimum Gasteiger partial charge on any atom is -0.353 e. The molecule has 1 N–H and O–H groups in total. The molecule has 5 aromatic rings. The number of nitrogens with one attached hydrogen (secondary N) is 1. The number of aromatic nitrogens is 2. The zero-order valence-electron chi connectivity index (χ0n) is 13.0. The average molecular weight is 331 g/mol. The van der Waals surface area contributed by atoms with Crippen molar-refractivity contribution in [3.05, 3.63) is 83.5 Å². The minimum absolute atomic E-state index is 0.797. The average Bonchev–Trinajstić information content (AvgIpc) is 3.19. The van der Waals surface area contributed by atoms with Gasteiger partial charge in [0.1, 0.15) is 0 Å². The fourth-order valence-electron chi connectivity index (χ4n) is 3.51. The van der Waals surface area contributed by atoms with Crippen molar-refractivity contribution in [1.29, 1.82) is 0 Å². The second-order valence-electron chi connectivity index (χ2n) is 6.15. The van der Waals surface area contributed by atoms with Gasteiger partial charge in [0.15, 0.2) is 0 Å². The van der Waals surface area contributed by atoms with E-state index in [0.717, 1.165) is 28.0 Å². The lowest BCUT2D eigenvalue weighted by Crippen LogP contribution is -1.97. The van der Waals surface area contributed by atoms with Crippen molar-refractivity contribution < 1.29 is 0 Å². The highest BCUT2D eigenvalue weighted by Gasteiger charge is 2.13. The molecule has 2 nitrogen and oxygen atoms in total. The molecule has 0 aliphatic carbocycles. The highest BCUT2D eigenvalue weighted by molar-refractivity contribution is 6.41. The molecule has 0 fully saturated rings. The molecule has 0 amide bonds. The van der Waals surface area contributed by atoms with Crippen molar-refractivity contribution in [2.75, 3.05) is 0 Å². The standard InChI is InChI=1S/C21H15ClN2/c22-20-16-10-11-24(13-14-6-2-1-3-7-14)19(16)12-17-15-8-4-5-9-18(15)23-21(17)20/h1-12,23H,13H2. The van der Waals surface area contributed by atoms with Crippen LogP contribution < -0.4 is 0 Å². The van der Waals surface area contributed by atoms with Gasteiger partial charge >= 0.3 is 0 Å². The van der Waals surface area contributed by atoms with Gasteiger partial charge in [0.25, 0.3) is 0 Å². The smallest absolute Gasteiger partial charge is 0.0741 e. The molecular weight excluding hydrogens is 316 g/mol. The molecular formula is C21H15ClN2. The third-order valence-electron chi connectivity index (χ3n) is 4.69. The highest BCUT2D eigenvalue weighted by Crippen LogP contribution is 2.36. The molecule has 0 unspecified atom stereocenters. The monoisotopic (exact) mass is 330 g/mol. The summed E-state index contributed by atoms with van der Waals surface area (Å²) in [4.78, 5) is 3.46. The van der Waals surface area contributed by atoms with Crippen LogP contribution in [0.1, 0.15) is 5.56 Å². The summed E-state index contributed by atoms with van der Waals surface area (Å²) >= 11 is 6.72. The Hall–Kier alpha value is -2.71. The molecule has 0 aliphatic heterocycles. The Bertz CT molecular complexity index is 1180. The fourth-order valence-corrected chi connectivity index (χ4v) is 3.82. The van der Waals surface area contributed by atoms with E-state index in [0.29, 0.717) is 0 Å². The van der Waals surface area contributed by atoms with Gasteiger partial charge in [-0.2, -0.15) is 0 Å². The summed E-state index contributed by atoms with van der Waals surface area (Å²) in [6, 6.07) is 23.2. The molecule has 2 heterocycles. The van der Waals surface area contributed by atoms with Crippen LogP contribution in [0.2, 0.25) is 5.02 Å². The van der Waals surface area contributed by atoms with Crippen LogP contribution in [0, 0.1) is 0 Å². The topological polar surface area (TPSA) is 20.7 Å². The Kier molecular flexibility index (Phi) is 2.94. The Balaban J connectivity index is 1.78. The number of halogens is 1. The molecule has 24 heavy (non-hydrogen) atoms. The van der Waals surface area contributed by atoms with E-state index in [1.807, 2.05) is 12.1 Å². The first kappa shape index (κ1) is 13.7. The van der Waals surface area contributed by atoms with Crippen molar-refractivity contribution >= 4 is 44.3 Å². The van der Waals surface area contributed by atoms with Crippen LogP contribution in [0.3, 0.4) is 0 Å². The number of aromatic amines is 1. The summed E-state index contributed by atoms with van der Waals surface area (Å²) in [6.45, 7) is 0.842. The van der Waals surface area contributed by atoms with Gasteiger partial charge in [0, 0.05) is 34.4 Å². The first-order valence-corrected chi connectivity index (χ1v) is 8.41. The summed E-state index contributed by atoms with van der Waals surface area (Å²) in [5, 5.41) is 4.28. The van der Waals surface area contributed by atoms with Crippen molar-refractivity contribution in [2.45, 2.75) is 6.54 Å². The minimum atomic E-state index is 0.797. The highest BCUT2D eigenvalue weighted by atomic mass is 35.5.